The molecule has 1 N–H and O–H groups in total. The lowest BCUT2D eigenvalue weighted by atomic mass is 10.1. The van der Waals surface area contributed by atoms with Gasteiger partial charge >= 0.3 is 6.18 Å². The molecule has 0 bridgehead atoms. The molecule has 0 saturated carbocycles. The van der Waals surface area contributed by atoms with Crippen LogP contribution in [0.2, 0.25) is 0 Å². The van der Waals surface area contributed by atoms with E-state index in [0.29, 0.717) is 6.54 Å². The van der Waals surface area contributed by atoms with Crippen LogP contribution in [0.3, 0.4) is 0 Å². The van der Waals surface area contributed by atoms with Gasteiger partial charge < -0.3 is 10.1 Å². The molecule has 1 aromatic carbocycles. The Morgan fingerprint density at radius 1 is 1.25 bits per heavy atom. The van der Waals surface area contributed by atoms with Gasteiger partial charge in [0.25, 0.3) is 0 Å². The SMILES string of the molecule is CCCNCC(OCCC(F)(F)F)c1ccc(Br)cc1. The van der Waals surface area contributed by atoms with Crippen LogP contribution in [0.15, 0.2) is 28.7 Å². The van der Waals surface area contributed by atoms with Gasteiger partial charge in [-0.05, 0) is 30.7 Å². The van der Waals surface area contributed by atoms with E-state index in [-0.39, 0.29) is 12.7 Å². The third kappa shape index (κ3) is 7.26. The molecule has 0 spiro atoms. The summed E-state index contributed by atoms with van der Waals surface area (Å²) >= 11 is 3.33. The van der Waals surface area contributed by atoms with Gasteiger partial charge in [-0.2, -0.15) is 13.2 Å². The fourth-order valence-corrected chi connectivity index (χ4v) is 1.94. The summed E-state index contributed by atoms with van der Waals surface area (Å²) in [5.74, 6) is 0. The monoisotopic (exact) mass is 353 g/mol. The Balaban J connectivity index is 2.57. The van der Waals surface area contributed by atoms with Gasteiger partial charge in [0.05, 0.1) is 19.1 Å². The fraction of sp³-hybridized carbons (Fsp3) is 0.571. The second-order valence-electron chi connectivity index (χ2n) is 4.48. The number of rotatable bonds is 8. The second-order valence-corrected chi connectivity index (χ2v) is 5.40. The first-order chi connectivity index (χ1) is 9.42. The summed E-state index contributed by atoms with van der Waals surface area (Å²) < 4.78 is 42.8. The summed E-state index contributed by atoms with van der Waals surface area (Å²) in [6.45, 7) is 3.03. The van der Waals surface area contributed by atoms with Crippen molar-refractivity contribution < 1.29 is 17.9 Å². The fourth-order valence-electron chi connectivity index (χ4n) is 1.68. The third-order valence-corrected chi connectivity index (χ3v) is 3.23. The highest BCUT2D eigenvalue weighted by Crippen LogP contribution is 2.23. The molecule has 1 atom stereocenters. The maximum atomic E-state index is 12.2. The quantitative estimate of drug-likeness (QED) is 0.696. The molecule has 0 aromatic heterocycles. The van der Waals surface area contributed by atoms with Crippen molar-refractivity contribution >= 4 is 15.9 Å². The van der Waals surface area contributed by atoms with Gasteiger partial charge in [0.1, 0.15) is 0 Å². The van der Waals surface area contributed by atoms with Crippen LogP contribution in [0.5, 0.6) is 0 Å². The maximum Gasteiger partial charge on any atom is 0.391 e. The lowest BCUT2D eigenvalue weighted by Gasteiger charge is -2.19. The zero-order valence-corrected chi connectivity index (χ0v) is 12.9. The van der Waals surface area contributed by atoms with E-state index >= 15 is 0 Å². The Morgan fingerprint density at radius 2 is 1.90 bits per heavy atom. The van der Waals surface area contributed by atoms with E-state index in [1.807, 2.05) is 31.2 Å². The zero-order valence-electron chi connectivity index (χ0n) is 11.3. The minimum atomic E-state index is -4.18. The van der Waals surface area contributed by atoms with Crippen molar-refractivity contribution in [1.82, 2.24) is 5.32 Å². The van der Waals surface area contributed by atoms with Gasteiger partial charge in [-0.1, -0.05) is 35.0 Å². The second kappa shape index (κ2) is 8.64. The van der Waals surface area contributed by atoms with E-state index in [1.54, 1.807) is 0 Å². The van der Waals surface area contributed by atoms with E-state index in [4.69, 9.17) is 4.74 Å². The molecule has 2 nitrogen and oxygen atoms in total. The largest absolute Gasteiger partial charge is 0.391 e. The van der Waals surface area contributed by atoms with Crippen molar-refractivity contribution in [1.29, 1.82) is 0 Å². The van der Waals surface area contributed by atoms with Crippen molar-refractivity contribution in [2.45, 2.75) is 32.0 Å². The van der Waals surface area contributed by atoms with Crippen molar-refractivity contribution in [2.75, 3.05) is 19.7 Å². The highest BCUT2D eigenvalue weighted by Gasteiger charge is 2.27. The Labute approximate surface area is 125 Å². The molecule has 0 aliphatic rings. The molecular formula is C14H19BrF3NO. The van der Waals surface area contributed by atoms with Crippen LogP contribution in [0.25, 0.3) is 0 Å². The van der Waals surface area contributed by atoms with Gasteiger partial charge in [-0.15, -0.1) is 0 Å². The number of hydrogen-bond donors (Lipinski definition) is 1. The zero-order chi connectivity index (χ0) is 15.0. The lowest BCUT2D eigenvalue weighted by Crippen LogP contribution is -2.25. The number of hydrogen-bond acceptors (Lipinski definition) is 2. The maximum absolute atomic E-state index is 12.2. The molecule has 0 aliphatic carbocycles. The van der Waals surface area contributed by atoms with Crippen LogP contribution in [-0.2, 0) is 4.74 Å². The first kappa shape index (κ1) is 17.5. The Bertz CT molecular complexity index is 381. The summed E-state index contributed by atoms with van der Waals surface area (Å²) in [5, 5.41) is 3.18. The molecule has 0 amide bonds. The predicted molar refractivity (Wildman–Crippen MR) is 76.7 cm³/mol. The minimum absolute atomic E-state index is 0.321. The van der Waals surface area contributed by atoms with Crippen LogP contribution in [0.4, 0.5) is 13.2 Å². The molecule has 0 fully saturated rings. The van der Waals surface area contributed by atoms with Gasteiger partial charge in [-0.25, -0.2) is 0 Å². The minimum Gasteiger partial charge on any atom is -0.372 e. The Morgan fingerprint density at radius 3 is 2.45 bits per heavy atom. The first-order valence-corrected chi connectivity index (χ1v) is 7.36. The summed E-state index contributed by atoms with van der Waals surface area (Å²) in [6, 6.07) is 7.43. The normalized spacial score (nSPS) is 13.4. The average molecular weight is 354 g/mol. The number of halogens is 4. The summed E-state index contributed by atoms with van der Waals surface area (Å²) in [7, 11) is 0. The van der Waals surface area contributed by atoms with E-state index in [1.165, 1.54) is 0 Å². The number of benzene rings is 1. The van der Waals surface area contributed by atoms with Crippen LogP contribution in [0.1, 0.15) is 31.4 Å². The van der Waals surface area contributed by atoms with Crippen LogP contribution < -0.4 is 5.32 Å². The van der Waals surface area contributed by atoms with E-state index in [0.717, 1.165) is 23.0 Å². The topological polar surface area (TPSA) is 21.3 Å². The van der Waals surface area contributed by atoms with Crippen molar-refractivity contribution in [2.24, 2.45) is 0 Å². The highest BCUT2D eigenvalue weighted by molar-refractivity contribution is 9.10. The molecule has 1 unspecified atom stereocenters. The van der Waals surface area contributed by atoms with Gasteiger partial charge in [0.15, 0.2) is 0 Å². The molecule has 0 saturated heterocycles. The van der Waals surface area contributed by atoms with E-state index in [9.17, 15) is 13.2 Å². The average Bonchev–Trinajstić information content (AvgIpc) is 2.37. The van der Waals surface area contributed by atoms with Gasteiger partial charge in [0, 0.05) is 11.0 Å². The molecule has 114 valence electrons. The standard InChI is InChI=1S/C14H19BrF3NO/c1-2-8-19-10-13(20-9-7-14(16,17)18)11-3-5-12(15)6-4-11/h3-6,13,19H,2,7-10H2,1H3. The van der Waals surface area contributed by atoms with Crippen LogP contribution >= 0.6 is 15.9 Å². The molecule has 0 radical (unpaired) electrons. The van der Waals surface area contributed by atoms with Crippen LogP contribution in [-0.4, -0.2) is 25.9 Å². The molecule has 0 aliphatic heterocycles. The number of nitrogens with one attached hydrogen (secondary N) is 1. The van der Waals surface area contributed by atoms with Crippen molar-refractivity contribution in [3.8, 4) is 0 Å². The van der Waals surface area contributed by atoms with Crippen molar-refractivity contribution in [3.05, 3.63) is 34.3 Å². The smallest absolute Gasteiger partial charge is 0.372 e. The van der Waals surface area contributed by atoms with E-state index < -0.39 is 12.6 Å². The number of ether oxygens (including phenoxy) is 1. The lowest BCUT2D eigenvalue weighted by molar-refractivity contribution is -0.149. The summed E-state index contributed by atoms with van der Waals surface area (Å²) in [4.78, 5) is 0. The summed E-state index contributed by atoms with van der Waals surface area (Å²) in [6.07, 6.45) is -4.50. The highest BCUT2D eigenvalue weighted by atomic mass is 79.9. The third-order valence-electron chi connectivity index (χ3n) is 2.70. The molecule has 1 rings (SSSR count). The van der Waals surface area contributed by atoms with Gasteiger partial charge in [0.2, 0.25) is 0 Å². The molecule has 6 heteroatoms. The Kier molecular flexibility index (Phi) is 7.55. The van der Waals surface area contributed by atoms with Gasteiger partial charge in [-0.3, -0.25) is 0 Å². The van der Waals surface area contributed by atoms with Crippen LogP contribution in [0, 0.1) is 0 Å². The number of alkyl halides is 3. The summed E-state index contributed by atoms with van der Waals surface area (Å²) in [5.41, 5.74) is 0.874. The van der Waals surface area contributed by atoms with E-state index in [2.05, 4.69) is 21.2 Å². The molecule has 20 heavy (non-hydrogen) atoms. The first-order valence-electron chi connectivity index (χ1n) is 6.57. The molecular weight excluding hydrogens is 335 g/mol. The predicted octanol–water partition coefficient (Wildman–Crippen LogP) is 4.46. The van der Waals surface area contributed by atoms with Crippen molar-refractivity contribution in [3.63, 3.8) is 0 Å². The Hall–Kier alpha value is -0.590. The molecule has 1 aromatic rings. The molecule has 0 heterocycles.